The van der Waals surface area contributed by atoms with Crippen LogP contribution in [0.1, 0.15) is 44.6 Å². The van der Waals surface area contributed by atoms with Gasteiger partial charge in [0.1, 0.15) is 26.4 Å². The lowest BCUT2D eigenvalue weighted by Crippen LogP contribution is -2.16. The SMILES string of the molecule is Cc1cc(C)c(/C(=C2/C=C(c3ccccc3-c3cc4c(cc3C)OCCOCCOCCOCCOCCO4)C=N2)c2cc(-c3ccccc3-c3cc4c(cc3C)OCCOCCOCCOCCOCCO4)c[nH]2)c(C)c1. The fourth-order valence-electron chi connectivity index (χ4n) is 9.97. The van der Waals surface area contributed by atoms with E-state index in [-0.39, 0.29) is 0 Å². The smallest absolute Gasteiger partial charge is 0.161 e. The van der Waals surface area contributed by atoms with E-state index in [4.69, 9.17) is 61.8 Å². The zero-order valence-electron chi connectivity index (χ0n) is 45.9. The van der Waals surface area contributed by atoms with Crippen molar-refractivity contribution >= 4 is 17.4 Å². The molecule has 14 heteroatoms. The number of nitrogens with one attached hydrogen (secondary N) is 1. The maximum absolute atomic E-state index is 6.40. The number of hydrogen-bond donors (Lipinski definition) is 1. The molecule has 3 aliphatic rings. The summed E-state index contributed by atoms with van der Waals surface area (Å²) in [6, 6.07) is 32.0. The van der Waals surface area contributed by atoms with Crippen LogP contribution in [0.15, 0.2) is 114 Å². The van der Waals surface area contributed by atoms with Gasteiger partial charge in [-0.05, 0) is 132 Å². The number of allylic oxidation sites excluding steroid dienone is 2. The molecule has 1 N–H and O–H groups in total. The molecule has 0 amide bonds. The van der Waals surface area contributed by atoms with Crippen LogP contribution in [-0.2, 0) is 37.9 Å². The molecule has 5 aromatic carbocycles. The number of hydrogen-bond acceptors (Lipinski definition) is 13. The van der Waals surface area contributed by atoms with Crippen molar-refractivity contribution < 1.29 is 56.8 Å². The Morgan fingerprint density at radius 3 is 1.19 bits per heavy atom. The highest BCUT2D eigenvalue weighted by Gasteiger charge is 2.24. The molecule has 6 aromatic rings. The Balaban J connectivity index is 1.04. The molecule has 412 valence electrons. The van der Waals surface area contributed by atoms with Crippen LogP contribution in [0.2, 0.25) is 0 Å². The number of ether oxygens (including phenoxy) is 12. The van der Waals surface area contributed by atoms with Gasteiger partial charge in [0.25, 0.3) is 0 Å². The number of aliphatic imine (C=N–C) groups is 1. The van der Waals surface area contributed by atoms with E-state index in [0.29, 0.717) is 155 Å². The molecule has 0 atom stereocenters. The Kier molecular flexibility index (Phi) is 20.8. The summed E-state index contributed by atoms with van der Waals surface area (Å²) < 4.78 is 71.2. The summed E-state index contributed by atoms with van der Waals surface area (Å²) in [6.07, 6.45) is 6.29. The molecule has 0 unspecified atom stereocenters. The van der Waals surface area contributed by atoms with Crippen molar-refractivity contribution in [3.8, 4) is 56.4 Å². The number of H-pyrrole nitrogens is 1. The summed E-state index contributed by atoms with van der Waals surface area (Å²) >= 11 is 0. The van der Waals surface area contributed by atoms with Crippen molar-refractivity contribution in [1.82, 2.24) is 4.98 Å². The largest absolute Gasteiger partial charge is 0.487 e. The molecule has 0 bridgehead atoms. The van der Waals surface area contributed by atoms with Gasteiger partial charge in [-0.15, -0.1) is 0 Å². The normalized spacial score (nSPS) is 18.0. The summed E-state index contributed by atoms with van der Waals surface area (Å²) in [6.45, 7) is 19.6. The number of aromatic nitrogens is 1. The topological polar surface area (TPSA) is 139 Å². The van der Waals surface area contributed by atoms with Gasteiger partial charge in [-0.1, -0.05) is 66.2 Å². The fraction of sp³-hybridized carbons (Fsp3) is 0.391. The first-order chi connectivity index (χ1) is 38.3. The first-order valence-electron chi connectivity index (χ1n) is 27.2. The quantitative estimate of drug-likeness (QED) is 0.170. The highest BCUT2D eigenvalue weighted by Crippen LogP contribution is 2.44. The molecule has 0 fully saturated rings. The van der Waals surface area contributed by atoms with E-state index in [1.54, 1.807) is 0 Å². The standard InChI is InChI=1S/C64H74N2O12/c1-44-34-47(4)63(48(5)35-44)64(57-38-49(42-65-57)51-10-6-8-12-53(51)55-40-61-59(36-45(55)2)75-30-26-71-22-18-67-14-16-69-20-24-73-28-32-77-61)58-39-50(43-66-58)52-11-7-9-13-54(52)56-41-62-60(37-46(56)3)76-31-27-72-23-19-68-15-17-70-21-25-74-29-33-78-62/h6-13,34-43,65H,14-33H2,1-5H3/b64-58-. The highest BCUT2D eigenvalue weighted by atomic mass is 16.6. The van der Waals surface area contributed by atoms with Gasteiger partial charge < -0.3 is 61.8 Å². The average molecular weight is 1060 g/mol. The minimum atomic E-state index is 0.345. The molecule has 14 nitrogen and oxygen atoms in total. The Bertz CT molecular complexity index is 3010. The van der Waals surface area contributed by atoms with Crippen molar-refractivity contribution in [1.29, 1.82) is 0 Å². The zero-order valence-corrected chi connectivity index (χ0v) is 45.9. The second-order valence-corrected chi connectivity index (χ2v) is 19.3. The Morgan fingerprint density at radius 1 is 0.385 bits per heavy atom. The van der Waals surface area contributed by atoms with Crippen LogP contribution < -0.4 is 18.9 Å². The third kappa shape index (κ3) is 14.9. The second kappa shape index (κ2) is 28.9. The number of fused-ring (bicyclic) bond motifs is 2. The molecule has 3 aliphatic heterocycles. The van der Waals surface area contributed by atoms with Crippen LogP contribution in [0.3, 0.4) is 0 Å². The van der Waals surface area contributed by atoms with Crippen molar-refractivity contribution in [3.63, 3.8) is 0 Å². The molecule has 0 saturated carbocycles. The molecule has 78 heavy (non-hydrogen) atoms. The summed E-state index contributed by atoms with van der Waals surface area (Å²) in [5.41, 5.74) is 17.9. The van der Waals surface area contributed by atoms with Gasteiger partial charge in [-0.25, -0.2) is 0 Å². The molecule has 0 aliphatic carbocycles. The van der Waals surface area contributed by atoms with E-state index >= 15 is 0 Å². The molecular formula is C64H74N2O12. The number of aryl methyl sites for hydroxylation is 5. The minimum Gasteiger partial charge on any atom is -0.487 e. The molecule has 0 radical (unpaired) electrons. The molecule has 4 heterocycles. The predicted molar refractivity (Wildman–Crippen MR) is 305 cm³/mol. The summed E-state index contributed by atoms with van der Waals surface area (Å²) in [7, 11) is 0. The van der Waals surface area contributed by atoms with Crippen LogP contribution in [0.25, 0.3) is 44.5 Å². The number of benzene rings is 5. The van der Waals surface area contributed by atoms with Gasteiger partial charge in [0.15, 0.2) is 23.0 Å². The molecule has 0 spiro atoms. The van der Waals surface area contributed by atoms with Crippen molar-refractivity contribution in [2.24, 2.45) is 4.99 Å². The van der Waals surface area contributed by atoms with Gasteiger partial charge in [0.05, 0.1) is 111 Å². The van der Waals surface area contributed by atoms with Gasteiger partial charge in [0, 0.05) is 34.8 Å². The van der Waals surface area contributed by atoms with E-state index < -0.39 is 0 Å². The fourth-order valence-corrected chi connectivity index (χ4v) is 9.97. The minimum absolute atomic E-state index is 0.345. The second-order valence-electron chi connectivity index (χ2n) is 19.3. The Hall–Kier alpha value is -6.59. The predicted octanol–water partition coefficient (Wildman–Crippen LogP) is 11.2. The van der Waals surface area contributed by atoms with Crippen molar-refractivity contribution in [2.45, 2.75) is 34.6 Å². The van der Waals surface area contributed by atoms with Crippen LogP contribution in [0.5, 0.6) is 23.0 Å². The van der Waals surface area contributed by atoms with E-state index in [2.05, 4.69) is 137 Å². The number of aromatic amines is 1. The lowest BCUT2D eigenvalue weighted by molar-refractivity contribution is -0.00841. The lowest BCUT2D eigenvalue weighted by Gasteiger charge is -2.18. The summed E-state index contributed by atoms with van der Waals surface area (Å²) in [5.74, 6) is 2.57. The maximum atomic E-state index is 6.40. The first-order valence-corrected chi connectivity index (χ1v) is 27.2. The molecule has 1 aromatic heterocycles. The lowest BCUT2D eigenvalue weighted by atomic mass is 9.89. The Morgan fingerprint density at radius 2 is 0.756 bits per heavy atom. The summed E-state index contributed by atoms with van der Waals surface area (Å²) in [5, 5.41) is 0. The van der Waals surface area contributed by atoms with E-state index in [0.717, 1.165) is 78.2 Å². The van der Waals surface area contributed by atoms with Crippen LogP contribution in [0.4, 0.5) is 0 Å². The van der Waals surface area contributed by atoms with Crippen LogP contribution >= 0.6 is 0 Å². The molecule has 9 rings (SSSR count). The van der Waals surface area contributed by atoms with Crippen molar-refractivity contribution in [2.75, 3.05) is 132 Å². The summed E-state index contributed by atoms with van der Waals surface area (Å²) in [4.78, 5) is 8.97. The van der Waals surface area contributed by atoms with E-state index in [9.17, 15) is 0 Å². The van der Waals surface area contributed by atoms with Gasteiger partial charge in [0.2, 0.25) is 0 Å². The van der Waals surface area contributed by atoms with E-state index in [1.165, 1.54) is 16.7 Å². The monoisotopic (exact) mass is 1060 g/mol. The van der Waals surface area contributed by atoms with Crippen molar-refractivity contribution in [3.05, 3.63) is 154 Å². The van der Waals surface area contributed by atoms with E-state index in [1.807, 2.05) is 12.3 Å². The van der Waals surface area contributed by atoms with Gasteiger partial charge >= 0.3 is 0 Å². The first kappa shape index (κ1) is 56.1. The molecule has 0 saturated heterocycles. The number of rotatable bonds is 6. The number of nitrogens with zero attached hydrogens (tertiary/aromatic N) is 1. The van der Waals surface area contributed by atoms with Crippen LogP contribution in [-0.4, -0.2) is 143 Å². The zero-order chi connectivity index (χ0) is 53.9. The molecular weight excluding hydrogens is 989 g/mol. The average Bonchev–Trinajstić information content (AvgIpc) is 4.20. The maximum Gasteiger partial charge on any atom is 0.161 e. The highest BCUT2D eigenvalue weighted by molar-refractivity contribution is 6.16. The Labute approximate surface area is 459 Å². The third-order valence-electron chi connectivity index (χ3n) is 13.6. The van der Waals surface area contributed by atoms with Gasteiger partial charge in [-0.3, -0.25) is 4.99 Å². The van der Waals surface area contributed by atoms with Crippen LogP contribution in [0, 0.1) is 34.6 Å². The van der Waals surface area contributed by atoms with Gasteiger partial charge in [-0.2, -0.15) is 0 Å². The third-order valence-corrected chi connectivity index (χ3v) is 13.6.